The Morgan fingerprint density at radius 1 is 1.04 bits per heavy atom. The van der Waals surface area contributed by atoms with Gasteiger partial charge in [-0.25, -0.2) is 20.9 Å². The summed E-state index contributed by atoms with van der Waals surface area (Å²) in [6.45, 7) is 0. The Morgan fingerprint density at radius 3 is 2.71 bits per heavy atom. The molecule has 132 valence electrons. The number of benzene rings is 3. The van der Waals surface area contributed by atoms with Gasteiger partial charge in [-0.3, -0.25) is 5.43 Å². The zero-order chi connectivity index (χ0) is 18.8. The van der Waals surface area contributed by atoms with Gasteiger partial charge in [0, 0.05) is 22.7 Å². The fraction of sp³-hybridized carbons (Fsp3) is 0. The van der Waals surface area contributed by atoms with E-state index in [0.717, 1.165) is 53.6 Å². The molecule has 0 unspecified atom stereocenters. The number of anilines is 2. The summed E-state index contributed by atoms with van der Waals surface area (Å²) in [4.78, 5) is 8.70. The smallest absolute Gasteiger partial charge is 0.119 e. The molecule has 1 aliphatic rings. The van der Waals surface area contributed by atoms with Crippen LogP contribution in [0.2, 0.25) is 0 Å². The molecule has 3 heterocycles. The summed E-state index contributed by atoms with van der Waals surface area (Å²) in [5, 5.41) is 16.2. The van der Waals surface area contributed by atoms with Gasteiger partial charge in [0.05, 0.1) is 27.5 Å². The molecule has 7 heteroatoms. The molecule has 0 atom stereocenters. The lowest BCUT2D eigenvalue weighted by molar-refractivity contribution is 0.998. The first kappa shape index (κ1) is 15.3. The largest absolute Gasteiger partial charge is 0.273 e. The monoisotopic (exact) mass is 380 g/mol. The predicted molar refractivity (Wildman–Crippen MR) is 113 cm³/mol. The molecule has 0 saturated carbocycles. The Morgan fingerprint density at radius 2 is 1.86 bits per heavy atom. The zero-order valence-electron chi connectivity index (χ0n) is 14.5. The minimum absolute atomic E-state index is 0.592. The van der Waals surface area contributed by atoms with E-state index in [0.29, 0.717) is 5.56 Å². The van der Waals surface area contributed by atoms with Crippen molar-refractivity contribution in [1.82, 2.24) is 9.97 Å². The first-order chi connectivity index (χ1) is 13.8. The number of nitrogens with zero attached hydrogens (tertiary/aromatic N) is 4. The second-order valence-electron chi connectivity index (χ2n) is 6.63. The van der Waals surface area contributed by atoms with Crippen LogP contribution >= 0.6 is 11.3 Å². The number of nitriles is 1. The number of thiophene rings is 1. The van der Waals surface area contributed by atoms with E-state index in [1.807, 2.05) is 36.5 Å². The van der Waals surface area contributed by atoms with Gasteiger partial charge in [0.15, 0.2) is 0 Å². The van der Waals surface area contributed by atoms with Crippen molar-refractivity contribution in [2.75, 3.05) is 10.5 Å². The lowest BCUT2D eigenvalue weighted by Crippen LogP contribution is -2.39. The molecular formula is C21H12N6S. The van der Waals surface area contributed by atoms with Crippen molar-refractivity contribution in [2.45, 2.75) is 0 Å². The summed E-state index contributed by atoms with van der Waals surface area (Å²) < 4.78 is 0.985. The Labute approximate surface area is 163 Å². The van der Waals surface area contributed by atoms with Crippen LogP contribution in [0.1, 0.15) is 5.56 Å². The third kappa shape index (κ3) is 1.83. The molecule has 0 saturated heterocycles. The first-order valence-electron chi connectivity index (χ1n) is 8.70. The van der Waals surface area contributed by atoms with Crippen LogP contribution < -0.4 is 16.4 Å². The molecule has 6 nitrogen and oxygen atoms in total. The highest BCUT2D eigenvalue weighted by Gasteiger charge is 2.30. The fourth-order valence-corrected chi connectivity index (χ4v) is 5.16. The molecule has 6 rings (SSSR count). The van der Waals surface area contributed by atoms with E-state index in [2.05, 4.69) is 33.6 Å². The molecule has 28 heavy (non-hydrogen) atoms. The van der Waals surface area contributed by atoms with E-state index in [1.165, 1.54) is 5.12 Å². The Balaban J connectivity index is 1.94. The van der Waals surface area contributed by atoms with E-state index in [-0.39, 0.29) is 0 Å². The third-order valence-corrected chi connectivity index (χ3v) is 6.23. The van der Waals surface area contributed by atoms with Gasteiger partial charge < -0.3 is 0 Å². The summed E-state index contributed by atoms with van der Waals surface area (Å²) in [6, 6.07) is 16.3. The van der Waals surface area contributed by atoms with E-state index in [4.69, 9.17) is 5.84 Å². The van der Waals surface area contributed by atoms with Gasteiger partial charge in [0.2, 0.25) is 0 Å². The maximum atomic E-state index is 9.77. The number of rotatable bonds is 0. The van der Waals surface area contributed by atoms with Crippen molar-refractivity contribution < 1.29 is 0 Å². The molecule has 3 aromatic carbocycles. The summed E-state index contributed by atoms with van der Waals surface area (Å²) in [5.74, 6) is 6.45. The minimum atomic E-state index is 0.592. The fourth-order valence-electron chi connectivity index (χ4n) is 4.13. The predicted octanol–water partition coefficient (Wildman–Crippen LogP) is 4.56. The van der Waals surface area contributed by atoms with Gasteiger partial charge in [-0.1, -0.05) is 36.4 Å². The standard InChI is InChI=1S/C21H12N6S/c22-8-11-4-3-7-13-12-5-1-2-6-14(12)17-18-19-15(9-24-10-25-19)28-21(18)26-27(23)20(17)16(11)13/h1-7,9-10,26H,23H2. The summed E-state index contributed by atoms with van der Waals surface area (Å²) in [5.41, 5.74) is 7.53. The maximum Gasteiger partial charge on any atom is 0.119 e. The van der Waals surface area contributed by atoms with Crippen LogP contribution in [0.4, 0.5) is 10.7 Å². The molecule has 3 N–H and O–H groups in total. The van der Waals surface area contributed by atoms with Crippen LogP contribution in [0.25, 0.3) is 42.9 Å². The van der Waals surface area contributed by atoms with Gasteiger partial charge in [-0.2, -0.15) is 5.26 Å². The number of hydrazine groups is 2. The number of nitrogens with one attached hydrogen (secondary N) is 1. The van der Waals surface area contributed by atoms with Gasteiger partial charge in [-0.05, 0) is 22.2 Å². The van der Waals surface area contributed by atoms with Gasteiger partial charge in [-0.15, -0.1) is 11.3 Å². The molecule has 5 aromatic rings. The molecule has 0 radical (unpaired) electrons. The highest BCUT2D eigenvalue weighted by molar-refractivity contribution is 7.23. The highest BCUT2D eigenvalue weighted by atomic mass is 32.1. The molecular weight excluding hydrogens is 368 g/mol. The third-order valence-electron chi connectivity index (χ3n) is 5.21. The number of aromatic nitrogens is 2. The van der Waals surface area contributed by atoms with Crippen LogP contribution in [-0.4, -0.2) is 9.97 Å². The van der Waals surface area contributed by atoms with Crippen LogP contribution in [0.3, 0.4) is 0 Å². The first-order valence-corrected chi connectivity index (χ1v) is 9.51. The second-order valence-corrected chi connectivity index (χ2v) is 7.68. The molecule has 1 aliphatic heterocycles. The molecule has 0 bridgehead atoms. The van der Waals surface area contributed by atoms with Crippen molar-refractivity contribution in [3.63, 3.8) is 0 Å². The van der Waals surface area contributed by atoms with Crippen molar-refractivity contribution in [3.8, 4) is 17.2 Å². The minimum Gasteiger partial charge on any atom is -0.273 e. The van der Waals surface area contributed by atoms with Gasteiger partial charge in [0.1, 0.15) is 11.3 Å². The van der Waals surface area contributed by atoms with Crippen molar-refractivity contribution in [1.29, 1.82) is 5.26 Å². The van der Waals surface area contributed by atoms with Crippen molar-refractivity contribution in [2.24, 2.45) is 5.84 Å². The van der Waals surface area contributed by atoms with Gasteiger partial charge >= 0.3 is 0 Å². The van der Waals surface area contributed by atoms with Crippen LogP contribution in [-0.2, 0) is 0 Å². The van der Waals surface area contributed by atoms with Crippen molar-refractivity contribution in [3.05, 3.63) is 60.6 Å². The SMILES string of the molecule is N#Cc1cccc2c1c1c(c3ccccc32)-c2c(sc3cncnc23)NN1N. The summed E-state index contributed by atoms with van der Waals surface area (Å²) >= 11 is 1.57. The Kier molecular flexibility index (Phi) is 2.95. The topological polar surface area (TPSA) is 90.9 Å². The number of hydrogen-bond acceptors (Lipinski definition) is 7. The van der Waals surface area contributed by atoms with Gasteiger partial charge in [0.25, 0.3) is 0 Å². The number of nitrogens with two attached hydrogens (primary N) is 1. The quantitative estimate of drug-likeness (QED) is 0.302. The lowest BCUT2D eigenvalue weighted by atomic mass is 9.89. The highest BCUT2D eigenvalue weighted by Crippen LogP contribution is 2.53. The van der Waals surface area contributed by atoms with E-state index in [1.54, 1.807) is 17.7 Å². The summed E-state index contributed by atoms with van der Waals surface area (Å²) in [6.07, 6.45) is 3.38. The zero-order valence-corrected chi connectivity index (χ0v) is 15.3. The Bertz CT molecular complexity index is 1480. The van der Waals surface area contributed by atoms with Crippen molar-refractivity contribution >= 4 is 53.8 Å². The van der Waals surface area contributed by atoms with Crippen LogP contribution in [0.15, 0.2) is 55.0 Å². The molecule has 0 aliphatic carbocycles. The number of fused-ring (bicyclic) bond motifs is 10. The molecule has 0 amide bonds. The molecule has 0 fully saturated rings. The normalized spacial score (nSPS) is 12.6. The average molecular weight is 380 g/mol. The average Bonchev–Trinajstić information content (AvgIpc) is 3.10. The van der Waals surface area contributed by atoms with E-state index >= 15 is 0 Å². The van der Waals surface area contributed by atoms with Crippen LogP contribution in [0.5, 0.6) is 0 Å². The molecule has 0 spiro atoms. The Hall–Kier alpha value is -3.73. The maximum absolute atomic E-state index is 9.77. The number of hydrogen-bond donors (Lipinski definition) is 2. The summed E-state index contributed by atoms with van der Waals surface area (Å²) in [7, 11) is 0. The van der Waals surface area contributed by atoms with Crippen LogP contribution in [0, 0.1) is 11.3 Å². The second kappa shape index (κ2) is 5.39. The van der Waals surface area contributed by atoms with E-state index in [9.17, 15) is 5.26 Å². The van der Waals surface area contributed by atoms with E-state index < -0.39 is 0 Å². The lowest BCUT2D eigenvalue weighted by Gasteiger charge is -2.31. The molecule has 2 aromatic heterocycles.